The summed E-state index contributed by atoms with van der Waals surface area (Å²) in [6.07, 6.45) is 2.10. The fourth-order valence-corrected chi connectivity index (χ4v) is 1.80. The van der Waals surface area contributed by atoms with Crippen molar-refractivity contribution in [3.05, 3.63) is 52.1 Å². The van der Waals surface area contributed by atoms with Crippen molar-refractivity contribution in [2.24, 2.45) is 0 Å². The lowest BCUT2D eigenvalue weighted by atomic mass is 10.1. The maximum absolute atomic E-state index is 2.23. The van der Waals surface area contributed by atoms with Crippen LogP contribution >= 0.6 is 22.6 Å². The third-order valence-electron chi connectivity index (χ3n) is 2.03. The van der Waals surface area contributed by atoms with Crippen molar-refractivity contribution in [3.8, 4) is 0 Å². The predicted molar refractivity (Wildman–Crippen MR) is 67.0 cm³/mol. The Bertz CT molecular complexity index is 444. The van der Waals surface area contributed by atoms with E-state index >= 15 is 0 Å². The largest absolute Gasteiger partial charge is 0.0616 e. The Kier molecular flexibility index (Phi) is 2.64. The third-order valence-corrected chi connectivity index (χ3v) is 2.39. The smallest absolute Gasteiger partial charge is 0.0178 e. The molecule has 0 heterocycles. The Morgan fingerprint density at radius 2 is 1.69 bits per heavy atom. The highest BCUT2D eigenvalue weighted by atomic mass is 127. The van der Waals surface area contributed by atoms with Gasteiger partial charge in [-0.05, 0) is 32.6 Å². The van der Waals surface area contributed by atoms with Crippen molar-refractivity contribution in [2.45, 2.75) is 0 Å². The second-order valence-corrected chi connectivity index (χ2v) is 3.62. The molecule has 0 atom stereocenters. The molecule has 0 aliphatic carbocycles. The molecule has 0 amide bonds. The normalized spacial score (nSPS) is 11.2. The van der Waals surface area contributed by atoms with Crippen molar-refractivity contribution in [1.82, 2.24) is 0 Å². The van der Waals surface area contributed by atoms with Crippen molar-refractivity contribution < 1.29 is 0 Å². The van der Waals surface area contributed by atoms with Gasteiger partial charge in [-0.25, -0.2) is 0 Å². The molecule has 0 saturated heterocycles. The number of hydrogen-bond acceptors (Lipinski definition) is 0. The van der Waals surface area contributed by atoms with Crippen molar-refractivity contribution in [3.63, 3.8) is 0 Å². The molecular weight excluding hydrogens is 271 g/mol. The van der Waals surface area contributed by atoms with Crippen LogP contribution in [0.25, 0.3) is 16.8 Å². The Balaban J connectivity index is 2.62. The van der Waals surface area contributed by atoms with Crippen LogP contribution in [0, 0.1) is 0 Å². The van der Waals surface area contributed by atoms with Crippen molar-refractivity contribution in [1.29, 1.82) is 0 Å². The molecule has 1 heteroatoms. The average molecular weight is 280 g/mol. The summed E-state index contributed by atoms with van der Waals surface area (Å²) in [5, 5.41) is 2.60. The van der Waals surface area contributed by atoms with E-state index in [4.69, 9.17) is 0 Å². The first kappa shape index (κ1) is 8.75. The number of hydrogen-bond donors (Lipinski definition) is 0. The Hall–Kier alpha value is -0.830. The summed E-state index contributed by atoms with van der Waals surface area (Å²) >= 11 is 2.23. The highest BCUT2D eigenvalue weighted by Crippen LogP contribution is 2.16. The van der Waals surface area contributed by atoms with E-state index in [9.17, 15) is 0 Å². The van der Waals surface area contributed by atoms with Crippen LogP contribution in [-0.2, 0) is 0 Å². The van der Waals surface area contributed by atoms with Crippen LogP contribution in [-0.4, -0.2) is 0 Å². The van der Waals surface area contributed by atoms with E-state index in [0.29, 0.717) is 0 Å². The van der Waals surface area contributed by atoms with Crippen LogP contribution in [0.1, 0.15) is 5.56 Å². The fraction of sp³-hybridized carbons (Fsp3) is 0. The monoisotopic (exact) mass is 280 g/mol. The second-order valence-electron chi connectivity index (χ2n) is 2.90. The van der Waals surface area contributed by atoms with E-state index in [-0.39, 0.29) is 0 Å². The van der Waals surface area contributed by atoms with Gasteiger partial charge in [-0.15, -0.1) is 0 Å². The van der Waals surface area contributed by atoms with Gasteiger partial charge in [0, 0.05) is 0 Å². The highest BCUT2D eigenvalue weighted by molar-refractivity contribution is 14.1. The first-order chi connectivity index (χ1) is 6.40. The summed E-state index contributed by atoms with van der Waals surface area (Å²) in [7, 11) is 0. The Morgan fingerprint density at radius 3 is 2.46 bits per heavy atom. The molecule has 0 nitrogen and oxygen atoms in total. The lowest BCUT2D eigenvalue weighted by Crippen LogP contribution is -1.73. The zero-order valence-corrected chi connectivity index (χ0v) is 9.23. The average Bonchev–Trinajstić information content (AvgIpc) is 2.18. The number of halogens is 1. The number of rotatable bonds is 1. The molecule has 0 fully saturated rings. The molecule has 0 bridgehead atoms. The molecule has 0 aliphatic rings. The van der Waals surface area contributed by atoms with Crippen LogP contribution < -0.4 is 0 Å². The molecule has 2 aromatic carbocycles. The summed E-state index contributed by atoms with van der Waals surface area (Å²) in [5.41, 5.74) is 1.26. The van der Waals surface area contributed by atoms with Gasteiger partial charge in [-0.3, -0.25) is 0 Å². The molecule has 0 aromatic heterocycles. The highest BCUT2D eigenvalue weighted by Gasteiger charge is 1.91. The molecule has 0 saturated carbocycles. The van der Waals surface area contributed by atoms with E-state index in [1.165, 1.54) is 16.3 Å². The maximum Gasteiger partial charge on any atom is -0.0178 e. The SMILES string of the molecule is IC=Cc1ccc2ccccc2c1. The molecule has 64 valence electrons. The van der Waals surface area contributed by atoms with Gasteiger partial charge >= 0.3 is 0 Å². The lowest BCUT2D eigenvalue weighted by Gasteiger charge is -1.98. The molecule has 2 rings (SSSR count). The first-order valence-corrected chi connectivity index (χ1v) is 5.40. The quantitative estimate of drug-likeness (QED) is 0.685. The van der Waals surface area contributed by atoms with E-state index in [0.717, 1.165) is 0 Å². The van der Waals surface area contributed by atoms with Gasteiger partial charge in [-0.1, -0.05) is 59.0 Å². The second kappa shape index (κ2) is 3.92. The van der Waals surface area contributed by atoms with Gasteiger partial charge < -0.3 is 0 Å². The van der Waals surface area contributed by atoms with E-state index in [1.54, 1.807) is 0 Å². The summed E-state index contributed by atoms with van der Waals surface area (Å²) in [5.74, 6) is 0. The zero-order chi connectivity index (χ0) is 9.10. The molecule has 0 radical (unpaired) electrons. The molecule has 0 aliphatic heterocycles. The Labute approximate surface area is 91.4 Å². The molecular formula is C12H9I. The van der Waals surface area contributed by atoms with E-state index < -0.39 is 0 Å². The standard InChI is InChI=1S/C12H9I/c13-8-7-10-5-6-11-3-1-2-4-12(11)9-10/h1-9H. The van der Waals surface area contributed by atoms with Crippen LogP contribution in [0.4, 0.5) is 0 Å². The van der Waals surface area contributed by atoms with Gasteiger partial charge in [0.2, 0.25) is 0 Å². The van der Waals surface area contributed by atoms with Crippen LogP contribution in [0.15, 0.2) is 46.5 Å². The predicted octanol–water partition coefficient (Wildman–Crippen LogP) is 4.25. The van der Waals surface area contributed by atoms with Gasteiger partial charge in [0.15, 0.2) is 0 Å². The number of benzene rings is 2. The third kappa shape index (κ3) is 1.91. The van der Waals surface area contributed by atoms with E-state index in [1.807, 2.05) is 4.08 Å². The summed E-state index contributed by atoms with van der Waals surface area (Å²) in [4.78, 5) is 0. The minimum atomic E-state index is 1.26. The topological polar surface area (TPSA) is 0 Å². The van der Waals surface area contributed by atoms with Crippen molar-refractivity contribution >= 4 is 39.4 Å². The molecule has 0 N–H and O–H groups in total. The molecule has 2 aromatic rings. The minimum absolute atomic E-state index is 1.26. The first-order valence-electron chi connectivity index (χ1n) is 4.16. The molecule has 0 unspecified atom stereocenters. The fourth-order valence-electron chi connectivity index (χ4n) is 1.38. The number of fused-ring (bicyclic) bond motifs is 1. The van der Waals surface area contributed by atoms with Gasteiger partial charge in [0.1, 0.15) is 0 Å². The van der Waals surface area contributed by atoms with Gasteiger partial charge in [-0.2, -0.15) is 0 Å². The van der Waals surface area contributed by atoms with Crippen LogP contribution in [0.2, 0.25) is 0 Å². The molecule has 0 spiro atoms. The zero-order valence-electron chi connectivity index (χ0n) is 7.07. The van der Waals surface area contributed by atoms with Crippen LogP contribution in [0.5, 0.6) is 0 Å². The summed E-state index contributed by atoms with van der Waals surface area (Å²) in [6, 6.07) is 14.9. The summed E-state index contributed by atoms with van der Waals surface area (Å²) < 4.78 is 2.03. The molecule has 13 heavy (non-hydrogen) atoms. The van der Waals surface area contributed by atoms with Gasteiger partial charge in [0.25, 0.3) is 0 Å². The van der Waals surface area contributed by atoms with Crippen molar-refractivity contribution in [2.75, 3.05) is 0 Å². The van der Waals surface area contributed by atoms with E-state index in [2.05, 4.69) is 71.1 Å². The summed E-state index contributed by atoms with van der Waals surface area (Å²) in [6.45, 7) is 0. The van der Waals surface area contributed by atoms with Gasteiger partial charge in [0.05, 0.1) is 0 Å². The van der Waals surface area contributed by atoms with Crippen LogP contribution in [0.3, 0.4) is 0 Å². The minimum Gasteiger partial charge on any atom is -0.0616 e. The Morgan fingerprint density at radius 1 is 0.923 bits per heavy atom. The lowest BCUT2D eigenvalue weighted by molar-refractivity contribution is 1.71. The maximum atomic E-state index is 2.23.